The van der Waals surface area contributed by atoms with Gasteiger partial charge >= 0.3 is 6.61 Å². The van der Waals surface area contributed by atoms with Crippen LogP contribution >= 0.6 is 38.5 Å². The molecule has 1 aromatic carbocycles. The van der Waals surface area contributed by atoms with Gasteiger partial charge in [0, 0.05) is 9.26 Å². The first-order chi connectivity index (χ1) is 6.00. The third kappa shape index (κ3) is 2.94. The molecule has 0 aliphatic heterocycles. The first kappa shape index (κ1) is 11.0. The van der Waals surface area contributed by atoms with E-state index in [4.69, 9.17) is 5.73 Å². The standard InChI is InChI=1S/C7H5BrF2INO/c8-3-1-5(12)4(11)2-6(3)13-7(9)10/h1-2,7H,12H2. The topological polar surface area (TPSA) is 35.2 Å². The Morgan fingerprint density at radius 2 is 2.08 bits per heavy atom. The van der Waals surface area contributed by atoms with Crippen molar-refractivity contribution in [1.29, 1.82) is 0 Å². The molecule has 1 aromatic rings. The summed E-state index contributed by atoms with van der Waals surface area (Å²) in [6, 6.07) is 2.98. The summed E-state index contributed by atoms with van der Waals surface area (Å²) in [5, 5.41) is 0. The molecule has 2 nitrogen and oxygen atoms in total. The molecule has 0 saturated heterocycles. The quantitative estimate of drug-likeness (QED) is 0.646. The number of hydrogen-bond acceptors (Lipinski definition) is 2. The highest BCUT2D eigenvalue weighted by molar-refractivity contribution is 14.1. The first-order valence-corrected chi connectivity index (χ1v) is 5.07. The molecule has 0 aliphatic rings. The van der Waals surface area contributed by atoms with Crippen LogP contribution in [0.25, 0.3) is 0 Å². The van der Waals surface area contributed by atoms with Crippen molar-refractivity contribution in [1.82, 2.24) is 0 Å². The van der Waals surface area contributed by atoms with Crippen LogP contribution < -0.4 is 10.5 Å². The fourth-order valence-electron chi connectivity index (χ4n) is 0.730. The summed E-state index contributed by atoms with van der Waals surface area (Å²) in [5.74, 6) is 0.0913. The fraction of sp³-hybridized carbons (Fsp3) is 0.143. The number of anilines is 1. The molecule has 0 heterocycles. The lowest BCUT2D eigenvalue weighted by molar-refractivity contribution is -0.0503. The second-order valence-electron chi connectivity index (χ2n) is 2.18. The SMILES string of the molecule is Nc1cc(Br)c(OC(F)F)cc1I. The van der Waals surface area contributed by atoms with Crippen molar-refractivity contribution in [2.75, 3.05) is 5.73 Å². The number of halogens is 4. The Hall–Kier alpha value is -0.110. The summed E-state index contributed by atoms with van der Waals surface area (Å²) < 4.78 is 29.1. The number of rotatable bonds is 2. The van der Waals surface area contributed by atoms with Gasteiger partial charge in [0.05, 0.1) is 4.47 Å². The molecule has 72 valence electrons. The zero-order chi connectivity index (χ0) is 10.0. The van der Waals surface area contributed by atoms with Crippen LogP contribution in [-0.4, -0.2) is 6.61 Å². The van der Waals surface area contributed by atoms with Gasteiger partial charge in [-0.15, -0.1) is 0 Å². The van der Waals surface area contributed by atoms with Gasteiger partial charge in [-0.3, -0.25) is 0 Å². The first-order valence-electron chi connectivity index (χ1n) is 3.20. The molecular weight excluding hydrogens is 359 g/mol. The zero-order valence-corrected chi connectivity index (χ0v) is 9.97. The third-order valence-electron chi connectivity index (χ3n) is 1.27. The second-order valence-corrected chi connectivity index (χ2v) is 4.20. The van der Waals surface area contributed by atoms with E-state index in [2.05, 4.69) is 20.7 Å². The maximum absolute atomic E-state index is 11.9. The predicted molar refractivity (Wildman–Crippen MR) is 57.9 cm³/mol. The van der Waals surface area contributed by atoms with E-state index in [0.717, 1.165) is 0 Å². The van der Waals surface area contributed by atoms with Gasteiger partial charge in [-0.05, 0) is 50.7 Å². The average Bonchev–Trinajstić information content (AvgIpc) is 1.99. The van der Waals surface area contributed by atoms with Crippen molar-refractivity contribution in [3.8, 4) is 5.75 Å². The van der Waals surface area contributed by atoms with Crippen molar-refractivity contribution in [3.63, 3.8) is 0 Å². The van der Waals surface area contributed by atoms with Gasteiger partial charge in [-0.2, -0.15) is 8.78 Å². The zero-order valence-electron chi connectivity index (χ0n) is 6.23. The van der Waals surface area contributed by atoms with E-state index in [1.807, 2.05) is 22.6 Å². The monoisotopic (exact) mass is 363 g/mol. The van der Waals surface area contributed by atoms with Gasteiger partial charge in [0.25, 0.3) is 0 Å². The van der Waals surface area contributed by atoms with Crippen LogP contribution in [0.3, 0.4) is 0 Å². The molecule has 2 N–H and O–H groups in total. The Kier molecular flexibility index (Phi) is 3.72. The van der Waals surface area contributed by atoms with Gasteiger partial charge in [0.2, 0.25) is 0 Å². The minimum Gasteiger partial charge on any atom is -0.434 e. The summed E-state index contributed by atoms with van der Waals surface area (Å²) in [7, 11) is 0. The van der Waals surface area contributed by atoms with Crippen LogP contribution in [0.15, 0.2) is 16.6 Å². The van der Waals surface area contributed by atoms with E-state index in [0.29, 0.717) is 13.7 Å². The minimum atomic E-state index is -2.82. The van der Waals surface area contributed by atoms with Crippen LogP contribution in [0.4, 0.5) is 14.5 Å². The summed E-state index contributed by atoms with van der Waals surface area (Å²) in [6.45, 7) is -2.82. The average molecular weight is 364 g/mol. The molecule has 0 bridgehead atoms. The molecule has 0 aromatic heterocycles. The Bertz CT molecular complexity index is 322. The van der Waals surface area contributed by atoms with E-state index in [9.17, 15) is 8.78 Å². The van der Waals surface area contributed by atoms with Gasteiger partial charge in [-0.1, -0.05) is 0 Å². The lowest BCUT2D eigenvalue weighted by Crippen LogP contribution is -2.03. The second kappa shape index (κ2) is 4.41. The van der Waals surface area contributed by atoms with E-state index in [-0.39, 0.29) is 5.75 Å². The fourth-order valence-corrected chi connectivity index (χ4v) is 1.62. The molecule has 6 heteroatoms. The van der Waals surface area contributed by atoms with Crippen LogP contribution in [0, 0.1) is 3.57 Å². The molecule has 0 aliphatic carbocycles. The highest BCUT2D eigenvalue weighted by atomic mass is 127. The lowest BCUT2D eigenvalue weighted by Gasteiger charge is -2.08. The summed E-state index contributed by atoms with van der Waals surface area (Å²) in [4.78, 5) is 0. The number of nitrogen functional groups attached to an aromatic ring is 1. The van der Waals surface area contributed by atoms with Crippen LogP contribution in [0.5, 0.6) is 5.75 Å². The smallest absolute Gasteiger partial charge is 0.387 e. The number of nitrogens with two attached hydrogens (primary N) is 1. The highest BCUT2D eigenvalue weighted by Gasteiger charge is 2.10. The third-order valence-corrected chi connectivity index (χ3v) is 2.82. The van der Waals surface area contributed by atoms with Crippen LogP contribution in [-0.2, 0) is 0 Å². The van der Waals surface area contributed by atoms with Gasteiger partial charge in [-0.25, -0.2) is 0 Å². The van der Waals surface area contributed by atoms with Gasteiger partial charge in [0.15, 0.2) is 0 Å². The lowest BCUT2D eigenvalue weighted by atomic mass is 10.3. The molecule has 0 unspecified atom stereocenters. The minimum absolute atomic E-state index is 0.0913. The van der Waals surface area contributed by atoms with E-state index >= 15 is 0 Å². The molecule has 0 spiro atoms. The molecule has 0 amide bonds. The maximum atomic E-state index is 11.9. The number of benzene rings is 1. The Morgan fingerprint density at radius 1 is 1.46 bits per heavy atom. The number of alkyl halides is 2. The molecule has 0 radical (unpaired) electrons. The van der Waals surface area contributed by atoms with E-state index in [1.54, 1.807) is 0 Å². The van der Waals surface area contributed by atoms with Crippen LogP contribution in [0.2, 0.25) is 0 Å². The Balaban J connectivity index is 3.01. The molecule has 1 rings (SSSR count). The van der Waals surface area contributed by atoms with Crippen molar-refractivity contribution >= 4 is 44.2 Å². The summed E-state index contributed by atoms with van der Waals surface area (Å²) in [5.41, 5.74) is 6.06. The normalized spacial score (nSPS) is 10.5. The molecule has 0 fully saturated rings. The summed E-state index contributed by atoms with van der Waals surface area (Å²) >= 11 is 5.01. The summed E-state index contributed by atoms with van der Waals surface area (Å²) in [6.07, 6.45) is 0. The molecule has 0 atom stereocenters. The number of ether oxygens (including phenoxy) is 1. The van der Waals surface area contributed by atoms with Gasteiger partial charge < -0.3 is 10.5 Å². The molecular formula is C7H5BrF2INO. The molecule has 13 heavy (non-hydrogen) atoms. The highest BCUT2D eigenvalue weighted by Crippen LogP contribution is 2.31. The number of hydrogen-bond donors (Lipinski definition) is 1. The largest absolute Gasteiger partial charge is 0.434 e. The van der Waals surface area contributed by atoms with Crippen LogP contribution in [0.1, 0.15) is 0 Å². The van der Waals surface area contributed by atoms with Crippen molar-refractivity contribution < 1.29 is 13.5 Å². The Labute approximate surface area is 95.7 Å². The van der Waals surface area contributed by atoms with Crippen molar-refractivity contribution in [3.05, 3.63) is 20.2 Å². The van der Waals surface area contributed by atoms with Crippen molar-refractivity contribution in [2.45, 2.75) is 6.61 Å². The van der Waals surface area contributed by atoms with Gasteiger partial charge in [0.1, 0.15) is 5.75 Å². The molecule has 0 saturated carbocycles. The predicted octanol–water partition coefficient (Wildman–Crippen LogP) is 3.24. The maximum Gasteiger partial charge on any atom is 0.387 e. The Morgan fingerprint density at radius 3 is 2.62 bits per heavy atom. The van der Waals surface area contributed by atoms with E-state index < -0.39 is 6.61 Å². The van der Waals surface area contributed by atoms with E-state index in [1.165, 1.54) is 12.1 Å². The van der Waals surface area contributed by atoms with Crippen molar-refractivity contribution in [2.24, 2.45) is 0 Å².